The number of nitrogens with two attached hydrogens (primary N) is 1. The molecule has 0 atom stereocenters. The minimum absolute atomic E-state index is 0.239. The van der Waals surface area contributed by atoms with Gasteiger partial charge < -0.3 is 10.5 Å². The van der Waals surface area contributed by atoms with E-state index in [1.54, 1.807) is 0 Å². The number of benzene rings is 2. The fraction of sp³-hybridized carbons (Fsp3) is 0.280. The lowest BCUT2D eigenvalue weighted by Gasteiger charge is -2.22. The highest BCUT2D eigenvalue weighted by molar-refractivity contribution is 5.82. The molecule has 150 valence electrons. The summed E-state index contributed by atoms with van der Waals surface area (Å²) in [6.07, 6.45) is 2.73. The highest BCUT2D eigenvalue weighted by Gasteiger charge is 2.20. The Balaban J connectivity index is 1.73. The fourth-order valence-electron chi connectivity index (χ4n) is 3.11. The highest BCUT2D eigenvalue weighted by Crippen LogP contribution is 2.29. The van der Waals surface area contributed by atoms with Crippen LogP contribution in [0.4, 0.5) is 0 Å². The van der Waals surface area contributed by atoms with Gasteiger partial charge in [-0.15, -0.1) is 0 Å². The van der Waals surface area contributed by atoms with Crippen molar-refractivity contribution in [3.8, 4) is 28.3 Å². The summed E-state index contributed by atoms with van der Waals surface area (Å²) in [5, 5.41) is 7.66. The van der Waals surface area contributed by atoms with Gasteiger partial charge in [-0.3, -0.25) is 5.41 Å². The van der Waals surface area contributed by atoms with Crippen LogP contribution in [0.15, 0.2) is 72.8 Å². The molecular formula is C25H29N3O. The van der Waals surface area contributed by atoms with Gasteiger partial charge in [-0.1, -0.05) is 74.5 Å². The predicted octanol–water partition coefficient (Wildman–Crippen LogP) is 5.93. The average Bonchev–Trinajstić information content (AvgIpc) is 2.74. The molecule has 4 heteroatoms. The number of hydrogen-bond acceptors (Lipinski definition) is 3. The van der Waals surface area contributed by atoms with Crippen molar-refractivity contribution in [2.24, 2.45) is 11.1 Å². The number of pyridine rings is 1. The van der Waals surface area contributed by atoms with Crippen LogP contribution < -0.4 is 10.5 Å². The third-order valence-corrected chi connectivity index (χ3v) is 5.15. The molecule has 0 aliphatic carbocycles. The van der Waals surface area contributed by atoms with E-state index in [1.165, 1.54) is 0 Å². The van der Waals surface area contributed by atoms with Crippen molar-refractivity contribution in [3.05, 3.63) is 72.8 Å². The number of rotatable bonds is 9. The third kappa shape index (κ3) is 5.67. The van der Waals surface area contributed by atoms with E-state index in [1.807, 2.05) is 56.3 Å². The molecule has 1 heterocycles. The maximum atomic E-state index is 7.66. The molecule has 0 fully saturated rings. The van der Waals surface area contributed by atoms with Gasteiger partial charge in [0, 0.05) is 17.0 Å². The van der Waals surface area contributed by atoms with Crippen molar-refractivity contribution in [1.82, 2.24) is 4.98 Å². The SMILES string of the molecule is CC(C)(CCCCOc1cc(-c2ccccc2)cc(-c2ccccc2)n1)C(=N)N. The second kappa shape index (κ2) is 9.37. The minimum atomic E-state index is -0.258. The van der Waals surface area contributed by atoms with Gasteiger partial charge in [0.1, 0.15) is 0 Å². The summed E-state index contributed by atoms with van der Waals surface area (Å²) in [6.45, 7) is 4.61. The zero-order valence-corrected chi connectivity index (χ0v) is 17.2. The van der Waals surface area contributed by atoms with Crippen LogP contribution in [0.3, 0.4) is 0 Å². The quantitative estimate of drug-likeness (QED) is 0.272. The lowest BCUT2D eigenvalue weighted by Crippen LogP contribution is -2.30. The van der Waals surface area contributed by atoms with E-state index >= 15 is 0 Å². The highest BCUT2D eigenvalue weighted by atomic mass is 16.5. The van der Waals surface area contributed by atoms with Crippen LogP contribution in [-0.4, -0.2) is 17.4 Å². The fourth-order valence-corrected chi connectivity index (χ4v) is 3.11. The lowest BCUT2D eigenvalue weighted by molar-refractivity contribution is 0.286. The summed E-state index contributed by atoms with van der Waals surface area (Å²) in [5.41, 5.74) is 9.60. The van der Waals surface area contributed by atoms with Crippen LogP contribution in [0.5, 0.6) is 5.88 Å². The van der Waals surface area contributed by atoms with Gasteiger partial charge in [0.15, 0.2) is 0 Å². The first-order valence-corrected chi connectivity index (χ1v) is 10.1. The van der Waals surface area contributed by atoms with Gasteiger partial charge in [0.25, 0.3) is 0 Å². The molecule has 0 unspecified atom stereocenters. The molecule has 0 saturated heterocycles. The van der Waals surface area contributed by atoms with E-state index in [-0.39, 0.29) is 11.3 Å². The van der Waals surface area contributed by atoms with Gasteiger partial charge in [0.05, 0.1) is 18.1 Å². The monoisotopic (exact) mass is 387 g/mol. The molecular weight excluding hydrogens is 358 g/mol. The Morgan fingerprint density at radius 2 is 1.52 bits per heavy atom. The number of unbranched alkanes of at least 4 members (excludes halogenated alkanes) is 1. The molecule has 0 saturated carbocycles. The van der Waals surface area contributed by atoms with Crippen molar-refractivity contribution >= 4 is 5.84 Å². The Kier molecular flexibility index (Phi) is 6.65. The van der Waals surface area contributed by atoms with Crippen LogP contribution in [-0.2, 0) is 0 Å². The first-order valence-electron chi connectivity index (χ1n) is 10.1. The van der Waals surface area contributed by atoms with E-state index in [9.17, 15) is 0 Å². The lowest BCUT2D eigenvalue weighted by atomic mass is 9.86. The molecule has 0 radical (unpaired) electrons. The van der Waals surface area contributed by atoms with Crippen LogP contribution in [0, 0.1) is 10.8 Å². The van der Waals surface area contributed by atoms with Crippen LogP contribution in [0.2, 0.25) is 0 Å². The van der Waals surface area contributed by atoms with E-state index in [0.29, 0.717) is 12.5 Å². The van der Waals surface area contributed by atoms with Crippen molar-refractivity contribution in [1.29, 1.82) is 5.41 Å². The van der Waals surface area contributed by atoms with Gasteiger partial charge in [-0.25, -0.2) is 4.98 Å². The topological polar surface area (TPSA) is 72.0 Å². The molecule has 29 heavy (non-hydrogen) atoms. The molecule has 4 nitrogen and oxygen atoms in total. The molecule has 3 N–H and O–H groups in total. The Morgan fingerprint density at radius 1 is 0.897 bits per heavy atom. The second-order valence-corrected chi connectivity index (χ2v) is 7.91. The van der Waals surface area contributed by atoms with E-state index < -0.39 is 0 Å². The van der Waals surface area contributed by atoms with Crippen molar-refractivity contribution in [3.63, 3.8) is 0 Å². The summed E-state index contributed by atoms with van der Waals surface area (Å²) in [6, 6.07) is 24.5. The van der Waals surface area contributed by atoms with E-state index in [4.69, 9.17) is 20.9 Å². The molecule has 3 aromatic rings. The Bertz CT molecular complexity index is 879. The molecule has 0 aliphatic rings. The summed E-state index contributed by atoms with van der Waals surface area (Å²) < 4.78 is 6.01. The molecule has 3 rings (SSSR count). The molecule has 1 aromatic heterocycles. The van der Waals surface area contributed by atoms with Crippen LogP contribution in [0.1, 0.15) is 33.1 Å². The van der Waals surface area contributed by atoms with Crippen molar-refractivity contribution in [2.75, 3.05) is 6.61 Å². The minimum Gasteiger partial charge on any atom is -0.478 e. The molecule has 0 bridgehead atoms. The Morgan fingerprint density at radius 3 is 2.14 bits per heavy atom. The number of amidine groups is 1. The summed E-state index contributed by atoms with van der Waals surface area (Å²) >= 11 is 0. The number of hydrogen-bond donors (Lipinski definition) is 2. The molecule has 0 spiro atoms. The van der Waals surface area contributed by atoms with Gasteiger partial charge in [-0.05, 0) is 36.5 Å². The Hall–Kier alpha value is -3.14. The second-order valence-electron chi connectivity index (χ2n) is 7.91. The zero-order chi connectivity index (χ0) is 20.7. The maximum absolute atomic E-state index is 7.66. The van der Waals surface area contributed by atoms with Gasteiger partial charge in [0.2, 0.25) is 5.88 Å². The van der Waals surface area contributed by atoms with E-state index in [2.05, 4.69) is 30.3 Å². The standard InChI is InChI=1S/C25H29N3O/c1-25(2,24(26)27)15-9-10-16-29-23-18-21(19-11-5-3-6-12-19)17-22(28-23)20-13-7-4-8-14-20/h3-8,11-14,17-18H,9-10,15-16H2,1-2H3,(H3,26,27). The van der Waals surface area contributed by atoms with E-state index in [0.717, 1.165) is 41.6 Å². The summed E-state index contributed by atoms with van der Waals surface area (Å²) in [4.78, 5) is 4.73. The molecule has 0 aliphatic heterocycles. The van der Waals surface area contributed by atoms with Gasteiger partial charge >= 0.3 is 0 Å². The first kappa shape index (κ1) is 20.6. The normalized spacial score (nSPS) is 11.2. The zero-order valence-electron chi connectivity index (χ0n) is 17.2. The van der Waals surface area contributed by atoms with Crippen LogP contribution >= 0.6 is 0 Å². The molecule has 2 aromatic carbocycles. The van der Waals surface area contributed by atoms with Crippen molar-refractivity contribution in [2.45, 2.75) is 33.1 Å². The smallest absolute Gasteiger partial charge is 0.214 e. The number of nitrogens with zero attached hydrogens (tertiary/aromatic N) is 1. The number of nitrogens with one attached hydrogen (secondary N) is 1. The predicted molar refractivity (Wildman–Crippen MR) is 120 cm³/mol. The number of aromatic nitrogens is 1. The third-order valence-electron chi connectivity index (χ3n) is 5.15. The van der Waals surface area contributed by atoms with Crippen LogP contribution in [0.25, 0.3) is 22.4 Å². The summed E-state index contributed by atoms with van der Waals surface area (Å²) in [5.74, 6) is 0.874. The van der Waals surface area contributed by atoms with Gasteiger partial charge in [-0.2, -0.15) is 0 Å². The number of ether oxygens (including phenoxy) is 1. The Labute approximate surface area is 173 Å². The largest absolute Gasteiger partial charge is 0.478 e. The molecule has 0 amide bonds. The van der Waals surface area contributed by atoms with Crippen molar-refractivity contribution < 1.29 is 4.74 Å². The first-order chi connectivity index (χ1) is 14.0. The average molecular weight is 388 g/mol. The maximum Gasteiger partial charge on any atom is 0.214 e. The summed E-state index contributed by atoms with van der Waals surface area (Å²) in [7, 11) is 0.